The maximum absolute atomic E-state index is 13.0. The monoisotopic (exact) mass is 693 g/mol. The summed E-state index contributed by atoms with van der Waals surface area (Å²) in [5.74, 6) is -1.22. The lowest BCUT2D eigenvalue weighted by Crippen LogP contribution is -2.41. The van der Waals surface area contributed by atoms with Crippen LogP contribution in [0.15, 0.2) is 29.1 Å². The highest BCUT2D eigenvalue weighted by Crippen LogP contribution is 2.38. The fourth-order valence-electron chi connectivity index (χ4n) is 2.89. The lowest BCUT2D eigenvalue weighted by Gasteiger charge is -2.32. The molecule has 6 N–H and O–H groups in total. The molecule has 1 fully saturated rings. The molecule has 0 bridgehead atoms. The zero-order valence-electron chi connectivity index (χ0n) is 22.4. The molecule has 4 heterocycles. The molecule has 0 aliphatic carbocycles. The lowest BCUT2D eigenvalue weighted by atomic mass is 9.78. The highest BCUT2D eigenvalue weighted by Gasteiger charge is 2.54. The molecular formula is C21H22BBrF9N9O2. The summed E-state index contributed by atoms with van der Waals surface area (Å²) in [4.78, 5) is 19.6. The molecule has 0 saturated carbocycles. The third-order valence-corrected chi connectivity index (χ3v) is 6.19. The van der Waals surface area contributed by atoms with Crippen LogP contribution in [0.25, 0.3) is 0 Å². The van der Waals surface area contributed by atoms with E-state index in [1.54, 1.807) is 27.7 Å². The summed E-state index contributed by atoms with van der Waals surface area (Å²) in [6, 6.07) is 0.760. The van der Waals surface area contributed by atoms with Gasteiger partial charge in [-0.15, -0.1) is 0 Å². The van der Waals surface area contributed by atoms with Gasteiger partial charge < -0.3 is 26.5 Å². The third kappa shape index (κ3) is 9.48. The lowest BCUT2D eigenvalue weighted by molar-refractivity contribution is -0.142. The van der Waals surface area contributed by atoms with E-state index in [-0.39, 0.29) is 15.9 Å². The van der Waals surface area contributed by atoms with E-state index in [9.17, 15) is 39.5 Å². The van der Waals surface area contributed by atoms with Gasteiger partial charge in [0, 0.05) is 24.1 Å². The molecule has 43 heavy (non-hydrogen) atoms. The molecule has 0 atom stereocenters. The second-order valence-corrected chi connectivity index (χ2v) is 10.2. The SMILES string of the molecule is CC1(C)OB(c2cnc(N)nc2C(F)(F)F)OC1(C)C.Nc1ncc(Br)c(C(F)(F)F)n1.Nc1nccc(C(F)(F)F)n1. The Morgan fingerprint density at radius 2 is 1.12 bits per heavy atom. The summed E-state index contributed by atoms with van der Waals surface area (Å²) in [6.07, 6.45) is -10.7. The molecule has 0 radical (unpaired) electrons. The maximum Gasteiger partial charge on any atom is 0.498 e. The van der Waals surface area contributed by atoms with E-state index in [0.29, 0.717) is 0 Å². The zero-order valence-corrected chi connectivity index (χ0v) is 24.0. The molecule has 22 heteroatoms. The maximum atomic E-state index is 13.0. The van der Waals surface area contributed by atoms with Crippen molar-refractivity contribution in [3.63, 3.8) is 0 Å². The first-order chi connectivity index (χ1) is 19.3. The Kier molecular flexibility index (Phi) is 10.5. The van der Waals surface area contributed by atoms with Crippen LogP contribution in [0.5, 0.6) is 0 Å². The molecule has 236 valence electrons. The van der Waals surface area contributed by atoms with Crippen molar-refractivity contribution in [1.82, 2.24) is 29.9 Å². The Balaban J connectivity index is 0.000000241. The van der Waals surface area contributed by atoms with Gasteiger partial charge in [-0.2, -0.15) is 39.5 Å². The van der Waals surface area contributed by atoms with E-state index in [0.717, 1.165) is 24.7 Å². The molecule has 3 aromatic rings. The highest BCUT2D eigenvalue weighted by molar-refractivity contribution is 9.10. The van der Waals surface area contributed by atoms with E-state index in [4.69, 9.17) is 26.5 Å². The number of aromatic nitrogens is 6. The normalized spacial score (nSPS) is 16.1. The largest absolute Gasteiger partial charge is 0.498 e. The number of nitrogen functional groups attached to an aromatic ring is 3. The first-order valence-electron chi connectivity index (χ1n) is 11.4. The van der Waals surface area contributed by atoms with Gasteiger partial charge in [0.15, 0.2) is 5.69 Å². The summed E-state index contributed by atoms with van der Waals surface area (Å²) >= 11 is 2.67. The number of hydrogen-bond donors (Lipinski definition) is 3. The summed E-state index contributed by atoms with van der Waals surface area (Å²) in [7, 11) is -1.18. The number of halogens is 10. The van der Waals surface area contributed by atoms with Crippen molar-refractivity contribution in [2.45, 2.75) is 57.4 Å². The smallest absolute Gasteiger partial charge is 0.399 e. The number of anilines is 3. The van der Waals surface area contributed by atoms with Crippen LogP contribution >= 0.6 is 15.9 Å². The van der Waals surface area contributed by atoms with Gasteiger partial charge in [-0.3, -0.25) is 0 Å². The van der Waals surface area contributed by atoms with E-state index in [1.807, 2.05) is 0 Å². The Bertz CT molecular complexity index is 1410. The van der Waals surface area contributed by atoms with Gasteiger partial charge in [0.25, 0.3) is 0 Å². The van der Waals surface area contributed by atoms with E-state index in [1.165, 1.54) is 0 Å². The van der Waals surface area contributed by atoms with Crippen molar-refractivity contribution in [2.24, 2.45) is 0 Å². The molecule has 0 aromatic carbocycles. The van der Waals surface area contributed by atoms with Crippen LogP contribution in [0.3, 0.4) is 0 Å². The topological polar surface area (TPSA) is 174 Å². The van der Waals surface area contributed by atoms with Crippen LogP contribution in [0.2, 0.25) is 0 Å². The minimum absolute atomic E-state index is 0.218. The van der Waals surface area contributed by atoms with Crippen LogP contribution in [0.1, 0.15) is 44.8 Å². The highest BCUT2D eigenvalue weighted by atomic mass is 79.9. The van der Waals surface area contributed by atoms with Crippen molar-refractivity contribution >= 4 is 46.4 Å². The predicted molar refractivity (Wildman–Crippen MR) is 138 cm³/mol. The molecule has 11 nitrogen and oxygen atoms in total. The predicted octanol–water partition coefficient (Wildman–Crippen LogP) is 4.29. The standard InChI is InChI=1S/C11H15BF3N3O2.C5H3BrF3N3.C5H4F3N3/c1-9(2)10(3,4)20-12(19-9)6-5-17-8(16)18-7(6)11(13,14)15;6-2-1-11-4(10)12-3(2)5(7,8)9;6-5(7,8)3-1-2-10-4(9)11-3/h5H,1-4H3,(H2,16,17,18);1H,(H2,10,11,12);1-2H,(H2,9,10,11). The number of nitrogens with zero attached hydrogens (tertiary/aromatic N) is 6. The fourth-order valence-corrected chi connectivity index (χ4v) is 3.30. The third-order valence-electron chi connectivity index (χ3n) is 5.61. The fraction of sp³-hybridized carbons (Fsp3) is 0.429. The minimum Gasteiger partial charge on any atom is -0.399 e. The van der Waals surface area contributed by atoms with E-state index < -0.39 is 65.8 Å². The average Bonchev–Trinajstić information content (AvgIpc) is 3.06. The molecule has 0 unspecified atom stereocenters. The number of hydrogen-bond acceptors (Lipinski definition) is 11. The summed E-state index contributed by atoms with van der Waals surface area (Å²) in [6.45, 7) is 6.99. The molecular weight excluding hydrogens is 672 g/mol. The first kappa shape index (κ1) is 35.7. The second-order valence-electron chi connectivity index (χ2n) is 9.34. The van der Waals surface area contributed by atoms with Crippen LogP contribution in [-0.2, 0) is 27.8 Å². The van der Waals surface area contributed by atoms with Crippen molar-refractivity contribution in [1.29, 1.82) is 0 Å². The Morgan fingerprint density at radius 1 is 0.674 bits per heavy atom. The summed E-state index contributed by atoms with van der Waals surface area (Å²) in [5, 5.41) is 0. The average molecular weight is 694 g/mol. The van der Waals surface area contributed by atoms with Gasteiger partial charge in [0.1, 0.15) is 11.4 Å². The van der Waals surface area contributed by atoms with E-state index >= 15 is 0 Å². The van der Waals surface area contributed by atoms with Crippen molar-refractivity contribution in [3.8, 4) is 0 Å². The van der Waals surface area contributed by atoms with E-state index in [2.05, 4.69) is 45.8 Å². The Morgan fingerprint density at radius 3 is 1.51 bits per heavy atom. The molecule has 1 saturated heterocycles. The van der Waals surface area contributed by atoms with Gasteiger partial charge in [0.2, 0.25) is 17.8 Å². The molecule has 0 spiro atoms. The summed E-state index contributed by atoms with van der Waals surface area (Å²) < 4.78 is 122. The Hall–Kier alpha value is -3.53. The van der Waals surface area contributed by atoms with Crippen molar-refractivity contribution < 1.29 is 48.8 Å². The summed E-state index contributed by atoms with van der Waals surface area (Å²) in [5.41, 5.74) is 10.2. The van der Waals surface area contributed by atoms with Crippen LogP contribution < -0.4 is 22.7 Å². The number of nitrogens with two attached hydrogens (primary N) is 3. The molecule has 4 rings (SSSR count). The molecule has 3 aromatic heterocycles. The van der Waals surface area contributed by atoms with Gasteiger partial charge in [-0.1, -0.05) is 0 Å². The van der Waals surface area contributed by atoms with Gasteiger partial charge in [0.05, 0.1) is 15.7 Å². The number of rotatable bonds is 1. The van der Waals surface area contributed by atoms with Gasteiger partial charge >= 0.3 is 25.6 Å². The van der Waals surface area contributed by atoms with Gasteiger partial charge in [-0.25, -0.2) is 29.9 Å². The van der Waals surface area contributed by atoms with Crippen molar-refractivity contribution in [2.75, 3.05) is 17.2 Å². The van der Waals surface area contributed by atoms with Crippen molar-refractivity contribution in [3.05, 3.63) is 46.2 Å². The van der Waals surface area contributed by atoms with Crippen LogP contribution in [0.4, 0.5) is 57.4 Å². The zero-order chi connectivity index (χ0) is 33.2. The number of alkyl halides is 9. The van der Waals surface area contributed by atoms with Crippen LogP contribution in [0, 0.1) is 0 Å². The molecule has 1 aliphatic heterocycles. The second kappa shape index (κ2) is 12.6. The molecule has 0 amide bonds. The first-order valence-corrected chi connectivity index (χ1v) is 12.2. The minimum atomic E-state index is -4.66. The Labute approximate surface area is 246 Å². The van der Waals surface area contributed by atoms with Crippen LogP contribution in [-0.4, -0.2) is 48.2 Å². The quantitative estimate of drug-likeness (QED) is 0.245. The van der Waals surface area contributed by atoms with Gasteiger partial charge in [-0.05, 0) is 49.7 Å². The molecule has 1 aliphatic rings.